The highest BCUT2D eigenvalue weighted by molar-refractivity contribution is 5.85. The van der Waals surface area contributed by atoms with Crippen molar-refractivity contribution in [1.29, 1.82) is 0 Å². The number of likely N-dealkylation sites (N-methyl/N-ethyl adjacent to an activating group) is 1. The van der Waals surface area contributed by atoms with Crippen molar-refractivity contribution in [1.82, 2.24) is 5.32 Å². The molecule has 92 valence electrons. The lowest BCUT2D eigenvalue weighted by Gasteiger charge is -2.08. The molecule has 1 aromatic carbocycles. The second-order valence-electron chi connectivity index (χ2n) is 3.46. The van der Waals surface area contributed by atoms with E-state index in [1.165, 1.54) is 0 Å². The van der Waals surface area contributed by atoms with E-state index < -0.39 is 18.2 Å². The molecule has 1 atom stereocenters. The van der Waals surface area contributed by atoms with Crippen LogP contribution in [0.4, 0.5) is 4.79 Å². The quantitative estimate of drug-likeness (QED) is 0.634. The number of esters is 1. The van der Waals surface area contributed by atoms with Gasteiger partial charge in [0.1, 0.15) is 12.6 Å². The minimum Gasteiger partial charge on any atom is -0.429 e. The lowest BCUT2D eigenvalue weighted by molar-refractivity contribution is -0.141. The number of rotatable bonds is 4. The average molecular weight is 237 g/mol. The van der Waals surface area contributed by atoms with Crippen molar-refractivity contribution in [3.05, 3.63) is 35.9 Å². The lowest BCUT2D eigenvalue weighted by atomic mass is 10.2. The highest BCUT2D eigenvalue weighted by Crippen LogP contribution is 2.02. The zero-order valence-corrected chi connectivity index (χ0v) is 9.80. The van der Waals surface area contributed by atoms with Crippen molar-refractivity contribution in [2.75, 3.05) is 7.05 Å². The zero-order chi connectivity index (χ0) is 12.7. The zero-order valence-electron chi connectivity index (χ0n) is 9.80. The van der Waals surface area contributed by atoms with E-state index in [0.717, 1.165) is 5.56 Å². The van der Waals surface area contributed by atoms with Crippen molar-refractivity contribution < 1.29 is 19.1 Å². The monoisotopic (exact) mass is 237 g/mol. The van der Waals surface area contributed by atoms with Gasteiger partial charge in [-0.3, -0.25) is 0 Å². The van der Waals surface area contributed by atoms with Crippen molar-refractivity contribution in [2.24, 2.45) is 0 Å². The molecule has 5 nitrogen and oxygen atoms in total. The highest BCUT2D eigenvalue weighted by atomic mass is 16.7. The summed E-state index contributed by atoms with van der Waals surface area (Å²) in [5.74, 6) is -0.662. The van der Waals surface area contributed by atoms with E-state index in [9.17, 15) is 9.59 Å². The van der Waals surface area contributed by atoms with Gasteiger partial charge in [0.25, 0.3) is 0 Å². The molecule has 0 aliphatic carbocycles. The Bertz CT molecular complexity index is 377. The minimum atomic E-state index is -0.985. The molecule has 0 bridgehead atoms. The molecule has 0 fully saturated rings. The Kier molecular flexibility index (Phi) is 5.16. The van der Waals surface area contributed by atoms with Crippen molar-refractivity contribution >= 4 is 12.1 Å². The largest absolute Gasteiger partial charge is 0.516 e. The molecule has 1 N–H and O–H groups in total. The summed E-state index contributed by atoms with van der Waals surface area (Å²) in [5.41, 5.74) is 0.832. The molecule has 5 heteroatoms. The molecule has 0 aliphatic rings. The normalized spacial score (nSPS) is 11.6. The van der Waals surface area contributed by atoms with Gasteiger partial charge in [-0.05, 0) is 19.5 Å². The summed E-state index contributed by atoms with van der Waals surface area (Å²) in [6, 6.07) is 8.60. The summed E-state index contributed by atoms with van der Waals surface area (Å²) < 4.78 is 9.25. The maximum absolute atomic E-state index is 11.2. The van der Waals surface area contributed by atoms with E-state index in [4.69, 9.17) is 4.74 Å². The summed E-state index contributed by atoms with van der Waals surface area (Å²) in [7, 11) is 1.60. The third-order valence-electron chi connectivity index (χ3n) is 2.17. The SMILES string of the molecule is CN[C@@H](C)C(=O)OC(=O)OCc1ccccc1. The highest BCUT2D eigenvalue weighted by Gasteiger charge is 2.17. The molecule has 17 heavy (non-hydrogen) atoms. The first-order chi connectivity index (χ1) is 8.13. The lowest BCUT2D eigenvalue weighted by Crippen LogP contribution is -2.33. The topological polar surface area (TPSA) is 64.6 Å². The second kappa shape index (κ2) is 6.65. The number of nitrogens with one attached hydrogen (secondary N) is 1. The molecular formula is C12H15NO4. The first-order valence-electron chi connectivity index (χ1n) is 5.23. The molecule has 1 aromatic rings. The van der Waals surface area contributed by atoms with E-state index in [2.05, 4.69) is 10.1 Å². The Balaban J connectivity index is 2.33. The van der Waals surface area contributed by atoms with E-state index in [1.807, 2.05) is 30.3 Å². The van der Waals surface area contributed by atoms with Crippen LogP contribution in [0.5, 0.6) is 0 Å². The molecule has 0 aliphatic heterocycles. The van der Waals surface area contributed by atoms with Crippen LogP contribution < -0.4 is 5.32 Å². The summed E-state index contributed by atoms with van der Waals surface area (Å²) in [6.45, 7) is 1.67. The standard InChI is InChI=1S/C12H15NO4/c1-9(13-2)11(14)17-12(15)16-8-10-6-4-3-5-7-10/h3-7,9,13H,8H2,1-2H3/t9-/m0/s1. The van der Waals surface area contributed by atoms with Crippen LogP contribution in [0, 0.1) is 0 Å². The van der Waals surface area contributed by atoms with Gasteiger partial charge in [0.05, 0.1) is 0 Å². The van der Waals surface area contributed by atoms with E-state index in [0.29, 0.717) is 0 Å². The number of ether oxygens (including phenoxy) is 2. The molecule has 0 heterocycles. The molecule has 1 rings (SSSR count). The Labute approximate surface area is 99.7 Å². The van der Waals surface area contributed by atoms with Crippen LogP contribution in [0.25, 0.3) is 0 Å². The van der Waals surface area contributed by atoms with Gasteiger partial charge in [0.15, 0.2) is 0 Å². The fourth-order valence-electron chi connectivity index (χ4n) is 1.03. The predicted octanol–water partition coefficient (Wildman–Crippen LogP) is 1.47. The van der Waals surface area contributed by atoms with Crippen LogP contribution in [0.2, 0.25) is 0 Å². The summed E-state index contributed by atoms with van der Waals surface area (Å²) in [6.07, 6.45) is -0.985. The van der Waals surface area contributed by atoms with Crippen LogP contribution in [0.15, 0.2) is 30.3 Å². The molecule has 0 saturated carbocycles. The third-order valence-corrected chi connectivity index (χ3v) is 2.17. The minimum absolute atomic E-state index is 0.0842. The first kappa shape index (κ1) is 13.2. The smallest absolute Gasteiger partial charge is 0.429 e. The molecule has 0 unspecified atom stereocenters. The average Bonchev–Trinajstić information content (AvgIpc) is 2.36. The Morgan fingerprint density at radius 3 is 2.53 bits per heavy atom. The van der Waals surface area contributed by atoms with Crippen molar-refractivity contribution in [2.45, 2.75) is 19.6 Å². The fourth-order valence-corrected chi connectivity index (χ4v) is 1.03. The van der Waals surface area contributed by atoms with Gasteiger partial charge >= 0.3 is 12.1 Å². The Morgan fingerprint density at radius 1 is 1.29 bits per heavy atom. The second-order valence-corrected chi connectivity index (χ2v) is 3.46. The van der Waals surface area contributed by atoms with Crippen LogP contribution in [-0.2, 0) is 20.9 Å². The van der Waals surface area contributed by atoms with Gasteiger partial charge in [-0.25, -0.2) is 9.59 Å². The van der Waals surface area contributed by atoms with Gasteiger partial charge < -0.3 is 14.8 Å². The molecule has 0 aromatic heterocycles. The number of benzene rings is 1. The van der Waals surface area contributed by atoms with Crippen LogP contribution in [0.3, 0.4) is 0 Å². The molecule has 0 spiro atoms. The van der Waals surface area contributed by atoms with Gasteiger partial charge in [-0.15, -0.1) is 0 Å². The van der Waals surface area contributed by atoms with Crippen LogP contribution in [0.1, 0.15) is 12.5 Å². The Hall–Kier alpha value is -1.88. The van der Waals surface area contributed by atoms with Crippen molar-refractivity contribution in [3.8, 4) is 0 Å². The van der Waals surface area contributed by atoms with E-state index >= 15 is 0 Å². The van der Waals surface area contributed by atoms with E-state index in [-0.39, 0.29) is 6.61 Å². The van der Waals surface area contributed by atoms with Gasteiger partial charge in [-0.1, -0.05) is 30.3 Å². The number of hydrogen-bond donors (Lipinski definition) is 1. The maximum atomic E-state index is 11.2. The van der Waals surface area contributed by atoms with Gasteiger partial charge in [-0.2, -0.15) is 0 Å². The maximum Gasteiger partial charge on any atom is 0.516 e. The Morgan fingerprint density at radius 2 is 1.94 bits per heavy atom. The van der Waals surface area contributed by atoms with Gasteiger partial charge in [0.2, 0.25) is 0 Å². The summed E-state index contributed by atoms with van der Waals surface area (Å²) >= 11 is 0. The number of carbonyl (C=O) groups excluding carboxylic acids is 2. The predicted molar refractivity (Wildman–Crippen MR) is 61.2 cm³/mol. The van der Waals surface area contributed by atoms with Crippen LogP contribution >= 0.6 is 0 Å². The molecular weight excluding hydrogens is 222 g/mol. The molecule has 0 amide bonds. The third kappa shape index (κ3) is 4.65. The summed E-state index contributed by atoms with van der Waals surface area (Å²) in [5, 5.41) is 2.66. The molecule has 0 radical (unpaired) electrons. The number of hydrogen-bond acceptors (Lipinski definition) is 5. The summed E-state index contributed by atoms with van der Waals surface area (Å²) in [4.78, 5) is 22.4. The fraction of sp³-hybridized carbons (Fsp3) is 0.333. The molecule has 0 saturated heterocycles. The first-order valence-corrected chi connectivity index (χ1v) is 5.23. The van der Waals surface area contributed by atoms with E-state index in [1.54, 1.807) is 14.0 Å². The number of carbonyl (C=O) groups is 2. The van der Waals surface area contributed by atoms with Crippen LogP contribution in [-0.4, -0.2) is 25.2 Å². The van der Waals surface area contributed by atoms with Gasteiger partial charge in [0, 0.05) is 0 Å². The van der Waals surface area contributed by atoms with Crippen molar-refractivity contribution in [3.63, 3.8) is 0 Å².